The minimum absolute atomic E-state index is 0.121. The van der Waals surface area contributed by atoms with Gasteiger partial charge in [-0.25, -0.2) is 0 Å². The van der Waals surface area contributed by atoms with Crippen LogP contribution in [0.2, 0.25) is 0 Å². The molecule has 1 aliphatic rings. The lowest BCUT2D eigenvalue weighted by Crippen LogP contribution is -2.40. The summed E-state index contributed by atoms with van der Waals surface area (Å²) in [6.45, 7) is 1.41. The minimum Gasteiger partial charge on any atom is -0.394 e. The monoisotopic (exact) mass is 353 g/mol. The van der Waals surface area contributed by atoms with Gasteiger partial charge in [-0.1, -0.05) is 18.2 Å². The van der Waals surface area contributed by atoms with Gasteiger partial charge in [-0.3, -0.25) is 9.48 Å². The van der Waals surface area contributed by atoms with E-state index in [2.05, 4.69) is 20.7 Å². The van der Waals surface area contributed by atoms with E-state index in [0.717, 1.165) is 40.7 Å². The number of aliphatic hydroxyl groups is 1. The first-order valence-corrected chi connectivity index (χ1v) is 8.89. The number of aromatic amines is 1. The summed E-state index contributed by atoms with van der Waals surface area (Å²) in [7, 11) is 1.79. The Morgan fingerprint density at radius 2 is 2.27 bits per heavy atom. The molecular weight excluding hydrogens is 330 g/mol. The Hall–Kier alpha value is -2.64. The Morgan fingerprint density at radius 1 is 1.42 bits per heavy atom. The van der Waals surface area contributed by atoms with Crippen LogP contribution in [-0.2, 0) is 26.4 Å². The molecule has 1 atom stereocenters. The quantitative estimate of drug-likeness (QED) is 0.548. The summed E-state index contributed by atoms with van der Waals surface area (Å²) in [5.41, 5.74) is 4.64. The molecule has 0 radical (unpaired) electrons. The number of carbonyl (C=O) groups is 1. The number of rotatable bonds is 5. The molecule has 4 rings (SSSR count). The molecule has 0 aliphatic carbocycles. The summed E-state index contributed by atoms with van der Waals surface area (Å²) in [5, 5.41) is 21.6. The maximum atomic E-state index is 12.8. The lowest BCUT2D eigenvalue weighted by molar-refractivity contribution is 0.0906. The number of benzene rings is 1. The first-order valence-electron chi connectivity index (χ1n) is 8.89. The number of para-hydroxylation sites is 1. The number of aliphatic hydroxyl groups excluding tert-OH is 1. The molecule has 3 heterocycles. The average Bonchev–Trinajstić information content (AvgIpc) is 3.21. The van der Waals surface area contributed by atoms with Gasteiger partial charge in [0.15, 0.2) is 0 Å². The van der Waals surface area contributed by atoms with E-state index in [1.54, 1.807) is 11.7 Å². The molecule has 4 N–H and O–H groups in total. The maximum Gasteiger partial charge on any atom is 0.270 e. The molecule has 7 heteroatoms. The molecule has 3 aromatic rings. The van der Waals surface area contributed by atoms with Gasteiger partial charge in [0.05, 0.1) is 18.3 Å². The van der Waals surface area contributed by atoms with E-state index < -0.39 is 0 Å². The third kappa shape index (κ3) is 3.00. The lowest BCUT2D eigenvalue weighted by Gasteiger charge is -2.18. The fraction of sp³-hybridized carbons (Fsp3) is 0.368. The maximum absolute atomic E-state index is 12.8. The highest BCUT2D eigenvalue weighted by molar-refractivity contribution is 5.94. The number of nitrogens with one attached hydrogen (secondary N) is 3. The molecule has 0 spiro atoms. The van der Waals surface area contributed by atoms with Gasteiger partial charge in [0.2, 0.25) is 0 Å². The summed E-state index contributed by atoms with van der Waals surface area (Å²) in [6.07, 6.45) is 3.33. The Bertz CT molecular complexity index is 943. The molecule has 0 fully saturated rings. The summed E-state index contributed by atoms with van der Waals surface area (Å²) < 4.78 is 1.65. The average molecular weight is 353 g/mol. The van der Waals surface area contributed by atoms with Crippen LogP contribution in [0.3, 0.4) is 0 Å². The number of aryl methyl sites for hydroxylation is 1. The normalized spacial score (nSPS) is 15.0. The summed E-state index contributed by atoms with van der Waals surface area (Å²) in [4.78, 5) is 16.1. The van der Waals surface area contributed by atoms with Crippen molar-refractivity contribution in [1.82, 2.24) is 25.4 Å². The molecule has 1 amide bonds. The van der Waals surface area contributed by atoms with E-state index in [1.165, 1.54) is 0 Å². The van der Waals surface area contributed by atoms with Crippen molar-refractivity contribution in [3.63, 3.8) is 0 Å². The number of amides is 1. The smallest absolute Gasteiger partial charge is 0.270 e. The van der Waals surface area contributed by atoms with Crippen molar-refractivity contribution in [2.45, 2.75) is 25.4 Å². The number of fused-ring (bicyclic) bond motifs is 2. The SMILES string of the molecule is Cn1nc2c(c1C(=O)NC(CO)Cc1c[nH]c3ccccc13)CNCC2. The second kappa shape index (κ2) is 6.93. The van der Waals surface area contributed by atoms with Gasteiger partial charge in [-0.15, -0.1) is 0 Å². The van der Waals surface area contributed by atoms with E-state index in [-0.39, 0.29) is 18.6 Å². The highest BCUT2D eigenvalue weighted by Crippen LogP contribution is 2.20. The fourth-order valence-electron chi connectivity index (χ4n) is 3.70. The molecule has 0 saturated carbocycles. The van der Waals surface area contributed by atoms with Crippen LogP contribution in [0.1, 0.15) is 27.3 Å². The van der Waals surface area contributed by atoms with Gasteiger partial charge in [-0.05, 0) is 18.1 Å². The zero-order chi connectivity index (χ0) is 18.1. The second-order valence-electron chi connectivity index (χ2n) is 6.74. The molecular formula is C19H23N5O2. The van der Waals surface area contributed by atoms with E-state index in [4.69, 9.17) is 0 Å². The van der Waals surface area contributed by atoms with Crippen LogP contribution in [0.5, 0.6) is 0 Å². The molecule has 1 aromatic carbocycles. The predicted octanol–water partition coefficient (Wildman–Crippen LogP) is 0.880. The highest BCUT2D eigenvalue weighted by Gasteiger charge is 2.25. The van der Waals surface area contributed by atoms with Gasteiger partial charge in [0, 0.05) is 49.2 Å². The van der Waals surface area contributed by atoms with Crippen molar-refractivity contribution in [2.24, 2.45) is 7.05 Å². The van der Waals surface area contributed by atoms with Crippen molar-refractivity contribution < 1.29 is 9.90 Å². The van der Waals surface area contributed by atoms with Crippen molar-refractivity contribution in [2.75, 3.05) is 13.2 Å². The number of hydrogen-bond acceptors (Lipinski definition) is 4. The third-order valence-electron chi connectivity index (χ3n) is 4.98. The van der Waals surface area contributed by atoms with Gasteiger partial charge >= 0.3 is 0 Å². The zero-order valence-electron chi connectivity index (χ0n) is 14.7. The third-order valence-corrected chi connectivity index (χ3v) is 4.98. The second-order valence-corrected chi connectivity index (χ2v) is 6.74. The minimum atomic E-state index is -0.358. The van der Waals surface area contributed by atoms with Crippen molar-refractivity contribution in [3.8, 4) is 0 Å². The molecule has 26 heavy (non-hydrogen) atoms. The van der Waals surface area contributed by atoms with E-state index in [1.807, 2.05) is 30.5 Å². The topological polar surface area (TPSA) is 95.0 Å². The Morgan fingerprint density at radius 3 is 3.12 bits per heavy atom. The summed E-state index contributed by atoms with van der Waals surface area (Å²) in [5.74, 6) is -0.191. The van der Waals surface area contributed by atoms with Crippen LogP contribution in [-0.4, -0.2) is 45.0 Å². The van der Waals surface area contributed by atoms with Crippen LogP contribution >= 0.6 is 0 Å². The Balaban J connectivity index is 1.53. The molecule has 7 nitrogen and oxygen atoms in total. The van der Waals surface area contributed by atoms with Gasteiger partial charge in [-0.2, -0.15) is 5.10 Å². The molecule has 1 aliphatic heterocycles. The molecule has 2 aromatic heterocycles. The summed E-state index contributed by atoms with van der Waals surface area (Å²) in [6, 6.07) is 7.67. The number of aromatic nitrogens is 3. The van der Waals surface area contributed by atoms with Crippen molar-refractivity contribution in [1.29, 1.82) is 0 Å². The molecule has 0 saturated heterocycles. The van der Waals surface area contributed by atoms with Crippen molar-refractivity contribution in [3.05, 3.63) is 53.0 Å². The fourth-order valence-corrected chi connectivity index (χ4v) is 3.70. The molecule has 1 unspecified atom stereocenters. The van der Waals surface area contributed by atoms with E-state index in [9.17, 15) is 9.90 Å². The number of hydrogen-bond donors (Lipinski definition) is 4. The van der Waals surface area contributed by atoms with Crippen LogP contribution in [0.15, 0.2) is 30.5 Å². The van der Waals surface area contributed by atoms with Crippen LogP contribution in [0.25, 0.3) is 10.9 Å². The predicted molar refractivity (Wildman–Crippen MR) is 99.0 cm³/mol. The van der Waals surface area contributed by atoms with E-state index in [0.29, 0.717) is 18.7 Å². The van der Waals surface area contributed by atoms with Crippen LogP contribution in [0, 0.1) is 0 Å². The Labute approximate surface area is 151 Å². The largest absolute Gasteiger partial charge is 0.394 e. The number of nitrogens with zero attached hydrogens (tertiary/aromatic N) is 2. The van der Waals surface area contributed by atoms with Crippen molar-refractivity contribution >= 4 is 16.8 Å². The number of carbonyl (C=O) groups excluding carboxylic acids is 1. The van der Waals surface area contributed by atoms with Crippen LogP contribution < -0.4 is 10.6 Å². The van der Waals surface area contributed by atoms with Gasteiger partial charge < -0.3 is 20.7 Å². The Kier molecular flexibility index (Phi) is 4.48. The lowest BCUT2D eigenvalue weighted by atomic mass is 10.0. The standard InChI is InChI=1S/C19H23N5O2/c1-24-18(15-10-20-7-6-17(15)23-24)19(26)22-13(11-25)8-12-9-21-16-5-3-2-4-14(12)16/h2-5,9,13,20-21,25H,6-8,10-11H2,1H3,(H,22,26). The summed E-state index contributed by atoms with van der Waals surface area (Å²) >= 11 is 0. The zero-order valence-corrected chi connectivity index (χ0v) is 14.7. The van der Waals surface area contributed by atoms with Crippen LogP contribution in [0.4, 0.5) is 0 Å². The first-order chi connectivity index (χ1) is 12.7. The highest BCUT2D eigenvalue weighted by atomic mass is 16.3. The number of H-pyrrole nitrogens is 1. The molecule has 0 bridgehead atoms. The van der Waals surface area contributed by atoms with E-state index >= 15 is 0 Å². The first kappa shape index (κ1) is 16.8. The van der Waals surface area contributed by atoms with Gasteiger partial charge in [0.25, 0.3) is 5.91 Å². The molecule has 136 valence electrons. The van der Waals surface area contributed by atoms with Gasteiger partial charge in [0.1, 0.15) is 5.69 Å².